The minimum absolute atomic E-state index is 0.0882. The molecule has 1 fully saturated rings. The van der Waals surface area contributed by atoms with E-state index in [2.05, 4.69) is 9.88 Å². The zero-order valence-electron chi connectivity index (χ0n) is 11.4. The van der Waals surface area contributed by atoms with Gasteiger partial charge in [-0.1, -0.05) is 6.07 Å². The number of fused-ring (bicyclic) bond motifs is 1. The topological polar surface area (TPSA) is 42.1 Å². The minimum Gasteiger partial charge on any atom is -0.355 e. The van der Waals surface area contributed by atoms with Crippen molar-refractivity contribution >= 4 is 16.6 Å². The van der Waals surface area contributed by atoms with Gasteiger partial charge < -0.3 is 10.6 Å². The van der Waals surface area contributed by atoms with Gasteiger partial charge in [0.05, 0.1) is 5.56 Å². The summed E-state index contributed by atoms with van der Waals surface area (Å²) in [5.74, 6) is 0.719. The Hall–Kier alpha value is -1.82. The Balaban J connectivity index is 2.04. The van der Waals surface area contributed by atoms with E-state index in [9.17, 15) is 13.2 Å². The summed E-state index contributed by atoms with van der Waals surface area (Å²) in [7, 11) is 0. The first kappa shape index (κ1) is 14.1. The Kier molecular flexibility index (Phi) is 3.49. The molecule has 0 unspecified atom stereocenters. The number of hydrogen-bond acceptors (Lipinski definition) is 3. The molecular weight excluding hydrogens is 279 g/mol. The SMILES string of the molecule is N[C@@H]1CCCN(c2nccc3cc(C(F)(F)F)ccc23)C1. The Labute approximate surface area is 120 Å². The molecule has 0 bridgehead atoms. The van der Waals surface area contributed by atoms with E-state index in [1.165, 1.54) is 12.1 Å². The first-order valence-electron chi connectivity index (χ1n) is 6.91. The first-order chi connectivity index (χ1) is 9.95. The van der Waals surface area contributed by atoms with Crippen LogP contribution in [0.3, 0.4) is 0 Å². The molecule has 0 spiro atoms. The molecule has 112 valence electrons. The fourth-order valence-electron chi connectivity index (χ4n) is 2.79. The van der Waals surface area contributed by atoms with Crippen LogP contribution in [-0.4, -0.2) is 24.1 Å². The van der Waals surface area contributed by atoms with Crippen LogP contribution < -0.4 is 10.6 Å². The van der Waals surface area contributed by atoms with Crippen molar-refractivity contribution in [1.29, 1.82) is 0 Å². The quantitative estimate of drug-likeness (QED) is 0.878. The summed E-state index contributed by atoms with van der Waals surface area (Å²) in [4.78, 5) is 6.41. The van der Waals surface area contributed by atoms with Gasteiger partial charge in [-0.2, -0.15) is 13.2 Å². The van der Waals surface area contributed by atoms with E-state index in [0.29, 0.717) is 11.9 Å². The monoisotopic (exact) mass is 295 g/mol. The lowest BCUT2D eigenvalue weighted by Crippen LogP contribution is -2.43. The number of halogens is 3. The minimum atomic E-state index is -4.33. The predicted molar refractivity (Wildman–Crippen MR) is 76.2 cm³/mol. The van der Waals surface area contributed by atoms with Crippen molar-refractivity contribution in [3.8, 4) is 0 Å². The van der Waals surface area contributed by atoms with Crippen LogP contribution in [0.5, 0.6) is 0 Å². The summed E-state index contributed by atoms with van der Waals surface area (Å²) < 4.78 is 38.3. The maximum Gasteiger partial charge on any atom is 0.416 e. The second-order valence-electron chi connectivity index (χ2n) is 5.42. The van der Waals surface area contributed by atoms with Crippen LogP contribution in [0.1, 0.15) is 18.4 Å². The van der Waals surface area contributed by atoms with Gasteiger partial charge in [0.2, 0.25) is 0 Å². The molecule has 3 rings (SSSR count). The van der Waals surface area contributed by atoms with Gasteiger partial charge >= 0.3 is 6.18 Å². The van der Waals surface area contributed by atoms with Crippen molar-refractivity contribution in [2.75, 3.05) is 18.0 Å². The number of hydrogen-bond donors (Lipinski definition) is 1. The highest BCUT2D eigenvalue weighted by Gasteiger charge is 2.30. The van der Waals surface area contributed by atoms with E-state index >= 15 is 0 Å². The number of alkyl halides is 3. The van der Waals surface area contributed by atoms with Gasteiger partial charge in [0.1, 0.15) is 5.82 Å². The molecule has 2 heterocycles. The lowest BCUT2D eigenvalue weighted by molar-refractivity contribution is -0.137. The Morgan fingerprint density at radius 2 is 2.05 bits per heavy atom. The highest BCUT2D eigenvalue weighted by atomic mass is 19.4. The van der Waals surface area contributed by atoms with Crippen molar-refractivity contribution in [1.82, 2.24) is 4.98 Å². The molecule has 0 saturated carbocycles. The van der Waals surface area contributed by atoms with Gasteiger partial charge in [-0.25, -0.2) is 4.98 Å². The standard InChI is InChI=1S/C15H16F3N3/c16-15(17,18)11-3-4-13-10(8-11)5-6-20-14(13)21-7-1-2-12(19)9-21/h3-6,8,12H,1-2,7,9,19H2/t12-/m1/s1. The van der Waals surface area contributed by atoms with Crippen LogP contribution in [0.15, 0.2) is 30.5 Å². The van der Waals surface area contributed by atoms with Gasteiger partial charge in [-0.3, -0.25) is 0 Å². The van der Waals surface area contributed by atoms with Crippen molar-refractivity contribution in [3.63, 3.8) is 0 Å². The highest BCUT2D eigenvalue weighted by Crippen LogP contribution is 2.33. The number of nitrogens with zero attached hydrogens (tertiary/aromatic N) is 2. The number of aromatic nitrogens is 1. The van der Waals surface area contributed by atoms with Crippen molar-refractivity contribution in [3.05, 3.63) is 36.0 Å². The molecule has 1 atom stereocenters. The lowest BCUT2D eigenvalue weighted by atomic mass is 10.0. The smallest absolute Gasteiger partial charge is 0.355 e. The molecule has 3 nitrogen and oxygen atoms in total. The Bertz CT molecular complexity index is 654. The normalized spacial score (nSPS) is 20.0. The van der Waals surface area contributed by atoms with E-state index < -0.39 is 11.7 Å². The second-order valence-corrected chi connectivity index (χ2v) is 5.42. The Morgan fingerprint density at radius 1 is 1.24 bits per heavy atom. The number of rotatable bonds is 1. The van der Waals surface area contributed by atoms with Crippen LogP contribution in [-0.2, 0) is 6.18 Å². The number of anilines is 1. The molecule has 21 heavy (non-hydrogen) atoms. The van der Waals surface area contributed by atoms with Crippen molar-refractivity contribution in [2.45, 2.75) is 25.1 Å². The maximum atomic E-state index is 12.8. The molecule has 1 aromatic heterocycles. The van der Waals surface area contributed by atoms with Gasteiger partial charge in [-0.15, -0.1) is 0 Å². The van der Waals surface area contributed by atoms with Crippen molar-refractivity contribution < 1.29 is 13.2 Å². The summed E-state index contributed by atoms with van der Waals surface area (Å²) >= 11 is 0. The van der Waals surface area contributed by atoms with E-state index in [4.69, 9.17) is 5.73 Å². The molecule has 0 radical (unpaired) electrons. The lowest BCUT2D eigenvalue weighted by Gasteiger charge is -2.32. The van der Waals surface area contributed by atoms with Crippen LogP contribution in [0.4, 0.5) is 19.0 Å². The predicted octanol–water partition coefficient (Wildman–Crippen LogP) is 3.18. The largest absolute Gasteiger partial charge is 0.416 e. The first-order valence-corrected chi connectivity index (χ1v) is 6.91. The number of nitrogens with two attached hydrogens (primary N) is 1. The molecule has 1 aromatic carbocycles. The van der Waals surface area contributed by atoms with Gasteiger partial charge in [0, 0.05) is 30.7 Å². The van der Waals surface area contributed by atoms with Crippen LogP contribution in [0.2, 0.25) is 0 Å². The van der Waals surface area contributed by atoms with Crippen LogP contribution in [0, 0.1) is 0 Å². The fraction of sp³-hybridized carbons (Fsp3) is 0.400. The molecular formula is C15H16F3N3. The summed E-state index contributed by atoms with van der Waals surface area (Å²) in [6.45, 7) is 1.52. The molecule has 6 heteroatoms. The molecule has 1 aliphatic heterocycles. The third-order valence-corrected chi connectivity index (χ3v) is 3.83. The van der Waals surface area contributed by atoms with Gasteiger partial charge in [0.15, 0.2) is 0 Å². The van der Waals surface area contributed by atoms with E-state index in [0.717, 1.165) is 36.7 Å². The third kappa shape index (κ3) is 2.81. The highest BCUT2D eigenvalue weighted by molar-refractivity contribution is 5.92. The molecule has 0 aliphatic carbocycles. The van der Waals surface area contributed by atoms with E-state index in [1.807, 2.05) is 0 Å². The number of pyridine rings is 1. The molecule has 2 aromatic rings. The molecule has 2 N–H and O–H groups in total. The number of benzene rings is 1. The zero-order chi connectivity index (χ0) is 15.0. The summed E-state index contributed by atoms with van der Waals surface area (Å²) in [6.07, 6.45) is -0.831. The maximum absolute atomic E-state index is 12.8. The molecule has 0 amide bonds. The molecule has 1 saturated heterocycles. The average Bonchev–Trinajstić information content (AvgIpc) is 2.45. The summed E-state index contributed by atoms with van der Waals surface area (Å²) in [6, 6.07) is 5.48. The van der Waals surface area contributed by atoms with E-state index in [1.54, 1.807) is 12.3 Å². The van der Waals surface area contributed by atoms with Gasteiger partial charge in [0.25, 0.3) is 0 Å². The van der Waals surface area contributed by atoms with E-state index in [-0.39, 0.29) is 6.04 Å². The Morgan fingerprint density at radius 3 is 2.76 bits per heavy atom. The zero-order valence-corrected chi connectivity index (χ0v) is 11.4. The second kappa shape index (κ2) is 5.18. The van der Waals surface area contributed by atoms with Crippen LogP contribution in [0.25, 0.3) is 10.8 Å². The number of piperidine rings is 1. The van der Waals surface area contributed by atoms with Crippen LogP contribution >= 0.6 is 0 Å². The third-order valence-electron chi connectivity index (χ3n) is 3.83. The molecule has 1 aliphatic rings. The summed E-state index contributed by atoms with van der Waals surface area (Å²) in [5, 5.41) is 1.29. The fourth-order valence-corrected chi connectivity index (χ4v) is 2.79. The van der Waals surface area contributed by atoms with Crippen molar-refractivity contribution in [2.24, 2.45) is 5.73 Å². The summed E-state index contributed by atoms with van der Waals surface area (Å²) in [5.41, 5.74) is 5.33. The average molecular weight is 295 g/mol. The van der Waals surface area contributed by atoms with Gasteiger partial charge in [-0.05, 0) is 36.4 Å².